The summed E-state index contributed by atoms with van der Waals surface area (Å²) in [5.74, 6) is 0. The topological polar surface area (TPSA) is 35.8 Å². The monoisotopic (exact) mass is 348 g/mol. The molecule has 1 atom stereocenters. The lowest BCUT2D eigenvalue weighted by molar-refractivity contribution is 0.882. The van der Waals surface area contributed by atoms with Gasteiger partial charge in [-0.2, -0.15) is 5.26 Å². The minimum absolute atomic E-state index is 0.0586. The van der Waals surface area contributed by atoms with Crippen molar-refractivity contribution in [3.05, 3.63) is 62.6 Å². The van der Waals surface area contributed by atoms with Crippen LogP contribution >= 0.6 is 27.5 Å². The first-order valence-corrected chi connectivity index (χ1v) is 7.40. The molecule has 2 aromatic rings. The summed E-state index contributed by atoms with van der Waals surface area (Å²) in [5.41, 5.74) is 3.73. The normalized spacial score (nSPS) is 11.8. The van der Waals surface area contributed by atoms with Gasteiger partial charge in [-0.05, 0) is 49.2 Å². The van der Waals surface area contributed by atoms with Gasteiger partial charge < -0.3 is 5.32 Å². The van der Waals surface area contributed by atoms with E-state index in [0.29, 0.717) is 10.6 Å². The molecule has 0 heterocycles. The van der Waals surface area contributed by atoms with Crippen LogP contribution in [0.4, 0.5) is 5.69 Å². The van der Waals surface area contributed by atoms with Gasteiger partial charge in [0.05, 0.1) is 17.7 Å². The number of nitriles is 1. The van der Waals surface area contributed by atoms with Crippen LogP contribution in [0.2, 0.25) is 5.02 Å². The number of anilines is 1. The Labute approximate surface area is 132 Å². The van der Waals surface area contributed by atoms with E-state index in [1.54, 1.807) is 0 Å². The van der Waals surface area contributed by atoms with Crippen LogP contribution < -0.4 is 5.32 Å². The lowest BCUT2D eigenvalue weighted by Crippen LogP contribution is -2.08. The molecule has 0 aromatic heterocycles. The van der Waals surface area contributed by atoms with Crippen molar-refractivity contribution in [2.45, 2.75) is 19.9 Å². The number of benzene rings is 2. The quantitative estimate of drug-likeness (QED) is 0.799. The number of halogens is 2. The Morgan fingerprint density at radius 3 is 2.65 bits per heavy atom. The van der Waals surface area contributed by atoms with E-state index >= 15 is 0 Å². The van der Waals surface area contributed by atoms with Crippen molar-refractivity contribution in [2.24, 2.45) is 0 Å². The fraction of sp³-hybridized carbons (Fsp3) is 0.188. The van der Waals surface area contributed by atoms with E-state index in [9.17, 15) is 0 Å². The highest BCUT2D eigenvalue weighted by Crippen LogP contribution is 2.29. The number of nitrogens with one attached hydrogen (secondary N) is 1. The van der Waals surface area contributed by atoms with Crippen LogP contribution in [0.5, 0.6) is 0 Å². The molecule has 102 valence electrons. The predicted octanol–water partition coefficient (Wildman–Crippen LogP) is 5.46. The van der Waals surface area contributed by atoms with Crippen molar-refractivity contribution >= 4 is 33.2 Å². The number of rotatable bonds is 3. The van der Waals surface area contributed by atoms with Crippen LogP contribution in [0.3, 0.4) is 0 Å². The fourth-order valence-electron chi connectivity index (χ4n) is 2.01. The van der Waals surface area contributed by atoms with Gasteiger partial charge in [-0.3, -0.25) is 0 Å². The van der Waals surface area contributed by atoms with Crippen molar-refractivity contribution in [1.29, 1.82) is 5.26 Å². The van der Waals surface area contributed by atoms with Gasteiger partial charge in [0.1, 0.15) is 0 Å². The van der Waals surface area contributed by atoms with Crippen molar-refractivity contribution in [2.75, 3.05) is 5.32 Å². The molecule has 1 unspecified atom stereocenters. The van der Waals surface area contributed by atoms with E-state index in [2.05, 4.69) is 27.3 Å². The summed E-state index contributed by atoms with van der Waals surface area (Å²) >= 11 is 9.67. The lowest BCUT2D eigenvalue weighted by atomic mass is 10.1. The number of hydrogen-bond acceptors (Lipinski definition) is 2. The van der Waals surface area contributed by atoms with Crippen LogP contribution in [-0.4, -0.2) is 0 Å². The van der Waals surface area contributed by atoms with E-state index < -0.39 is 0 Å². The Balaban J connectivity index is 2.27. The first kappa shape index (κ1) is 14.9. The van der Waals surface area contributed by atoms with Crippen molar-refractivity contribution in [1.82, 2.24) is 0 Å². The maximum absolute atomic E-state index is 8.97. The average molecular weight is 350 g/mol. The zero-order valence-electron chi connectivity index (χ0n) is 11.2. The molecule has 0 aliphatic carbocycles. The Morgan fingerprint density at radius 2 is 2.00 bits per heavy atom. The van der Waals surface area contributed by atoms with Gasteiger partial charge in [-0.1, -0.05) is 39.7 Å². The summed E-state index contributed by atoms with van der Waals surface area (Å²) in [5, 5.41) is 13.1. The molecule has 0 aliphatic heterocycles. The van der Waals surface area contributed by atoms with Crippen molar-refractivity contribution < 1.29 is 0 Å². The van der Waals surface area contributed by atoms with E-state index in [-0.39, 0.29) is 6.04 Å². The maximum atomic E-state index is 8.97. The first-order chi connectivity index (χ1) is 9.51. The summed E-state index contributed by atoms with van der Waals surface area (Å²) in [6.07, 6.45) is 0. The van der Waals surface area contributed by atoms with Crippen molar-refractivity contribution in [3.8, 4) is 6.07 Å². The minimum atomic E-state index is 0.0586. The number of hydrogen-bond donors (Lipinski definition) is 1. The van der Waals surface area contributed by atoms with Gasteiger partial charge in [0.25, 0.3) is 0 Å². The molecule has 0 radical (unpaired) electrons. The molecule has 0 bridgehead atoms. The summed E-state index contributed by atoms with van der Waals surface area (Å²) < 4.78 is 0.959. The fourth-order valence-corrected chi connectivity index (χ4v) is 2.85. The molecular formula is C16H14BrClN2. The molecule has 0 saturated carbocycles. The van der Waals surface area contributed by atoms with E-state index in [1.807, 2.05) is 50.2 Å². The Hall–Kier alpha value is -1.50. The molecule has 2 aromatic carbocycles. The standard InChI is InChI=1S/C16H14BrClN2/c1-10-3-4-12(9-19)7-16(10)20-11(2)14-6-5-13(17)8-15(14)18/h3-8,11,20H,1-2H3. The van der Waals surface area contributed by atoms with Gasteiger partial charge in [-0.15, -0.1) is 0 Å². The third kappa shape index (κ3) is 3.33. The molecule has 2 nitrogen and oxygen atoms in total. The SMILES string of the molecule is Cc1ccc(C#N)cc1NC(C)c1ccc(Br)cc1Cl. The summed E-state index contributed by atoms with van der Waals surface area (Å²) in [6.45, 7) is 4.06. The van der Waals surface area contributed by atoms with Crippen molar-refractivity contribution in [3.63, 3.8) is 0 Å². The largest absolute Gasteiger partial charge is 0.378 e. The highest BCUT2D eigenvalue weighted by molar-refractivity contribution is 9.10. The summed E-state index contributed by atoms with van der Waals surface area (Å²) in [7, 11) is 0. The molecule has 4 heteroatoms. The molecule has 0 spiro atoms. The van der Waals surface area contributed by atoms with Gasteiger partial charge in [0, 0.05) is 15.2 Å². The second-order valence-electron chi connectivity index (χ2n) is 4.67. The highest BCUT2D eigenvalue weighted by Gasteiger charge is 2.11. The molecule has 2 rings (SSSR count). The predicted molar refractivity (Wildman–Crippen MR) is 87.1 cm³/mol. The van der Waals surface area contributed by atoms with Gasteiger partial charge >= 0.3 is 0 Å². The first-order valence-electron chi connectivity index (χ1n) is 6.23. The van der Waals surface area contributed by atoms with E-state index in [1.165, 1.54) is 0 Å². The maximum Gasteiger partial charge on any atom is 0.0992 e. The van der Waals surface area contributed by atoms with E-state index in [4.69, 9.17) is 16.9 Å². The number of nitrogens with zero attached hydrogens (tertiary/aromatic N) is 1. The Kier molecular flexibility index (Phi) is 4.69. The average Bonchev–Trinajstić information content (AvgIpc) is 2.41. The lowest BCUT2D eigenvalue weighted by Gasteiger charge is -2.19. The summed E-state index contributed by atoms with van der Waals surface area (Å²) in [6, 6.07) is 13.7. The number of aryl methyl sites for hydroxylation is 1. The molecule has 0 aliphatic rings. The zero-order valence-corrected chi connectivity index (χ0v) is 13.6. The Morgan fingerprint density at radius 1 is 1.25 bits per heavy atom. The third-order valence-electron chi connectivity index (χ3n) is 3.17. The van der Waals surface area contributed by atoms with Crippen LogP contribution in [0.1, 0.15) is 29.7 Å². The van der Waals surface area contributed by atoms with Gasteiger partial charge in [0.2, 0.25) is 0 Å². The molecule has 20 heavy (non-hydrogen) atoms. The second-order valence-corrected chi connectivity index (χ2v) is 6.00. The van der Waals surface area contributed by atoms with Crippen LogP contribution in [0.15, 0.2) is 40.9 Å². The summed E-state index contributed by atoms with van der Waals surface area (Å²) in [4.78, 5) is 0. The third-order valence-corrected chi connectivity index (χ3v) is 3.99. The van der Waals surface area contributed by atoms with Gasteiger partial charge in [-0.25, -0.2) is 0 Å². The van der Waals surface area contributed by atoms with Crippen LogP contribution in [0.25, 0.3) is 0 Å². The highest BCUT2D eigenvalue weighted by atomic mass is 79.9. The van der Waals surface area contributed by atoms with Crippen LogP contribution in [0, 0.1) is 18.3 Å². The molecule has 0 fully saturated rings. The molecular weight excluding hydrogens is 336 g/mol. The second kappa shape index (κ2) is 6.30. The molecule has 0 saturated heterocycles. The van der Waals surface area contributed by atoms with E-state index in [0.717, 1.165) is 21.3 Å². The zero-order chi connectivity index (χ0) is 14.7. The Bertz CT molecular complexity index is 677. The molecule has 0 amide bonds. The van der Waals surface area contributed by atoms with Gasteiger partial charge in [0.15, 0.2) is 0 Å². The minimum Gasteiger partial charge on any atom is -0.378 e. The smallest absolute Gasteiger partial charge is 0.0992 e. The van der Waals surface area contributed by atoms with Crippen LogP contribution in [-0.2, 0) is 0 Å². The molecule has 1 N–H and O–H groups in total.